The van der Waals surface area contributed by atoms with Crippen LogP contribution >= 0.6 is 0 Å². The SMILES string of the molecule is Cc1cc(C)n(CC(C)CNc2c(C#N)c(=O)n(C)c(=O)n2C)n1. The van der Waals surface area contributed by atoms with Crippen molar-refractivity contribution in [2.24, 2.45) is 20.0 Å². The molecule has 0 saturated carbocycles. The normalized spacial score (nSPS) is 12.0. The number of rotatable bonds is 5. The summed E-state index contributed by atoms with van der Waals surface area (Å²) in [6.07, 6.45) is 0. The second-order valence-corrected chi connectivity index (χ2v) is 6.14. The maximum absolute atomic E-state index is 12.0. The molecule has 0 amide bonds. The molecule has 2 aromatic rings. The molecule has 2 heterocycles. The first kappa shape index (κ1) is 17.5. The number of hydrogen-bond donors (Lipinski definition) is 1. The molecule has 0 aliphatic heterocycles. The summed E-state index contributed by atoms with van der Waals surface area (Å²) < 4.78 is 4.15. The van der Waals surface area contributed by atoms with Gasteiger partial charge >= 0.3 is 5.69 Å². The zero-order valence-electron chi connectivity index (χ0n) is 14.6. The van der Waals surface area contributed by atoms with Crippen LogP contribution in [0.15, 0.2) is 15.7 Å². The summed E-state index contributed by atoms with van der Waals surface area (Å²) in [4.78, 5) is 24.1. The van der Waals surface area contributed by atoms with Crippen molar-refractivity contribution in [3.05, 3.63) is 43.9 Å². The van der Waals surface area contributed by atoms with Gasteiger partial charge in [-0.15, -0.1) is 0 Å². The molecule has 0 aliphatic rings. The standard InChI is InChI=1S/C16H22N6O2/c1-10(9-22-12(3)6-11(2)19-22)8-18-14-13(7-17)15(23)21(5)16(24)20(14)4/h6,10,18H,8-9H2,1-5H3. The molecule has 0 aliphatic carbocycles. The van der Waals surface area contributed by atoms with Gasteiger partial charge in [0.05, 0.1) is 5.69 Å². The van der Waals surface area contributed by atoms with Crippen LogP contribution in [0.1, 0.15) is 23.9 Å². The fourth-order valence-corrected chi connectivity index (χ4v) is 2.64. The zero-order valence-corrected chi connectivity index (χ0v) is 14.6. The molecule has 2 aromatic heterocycles. The van der Waals surface area contributed by atoms with Gasteiger partial charge in [0, 0.05) is 32.9 Å². The lowest BCUT2D eigenvalue weighted by atomic mass is 10.1. The van der Waals surface area contributed by atoms with Gasteiger partial charge in [-0.05, 0) is 25.8 Å². The van der Waals surface area contributed by atoms with Crippen molar-refractivity contribution in [3.63, 3.8) is 0 Å². The minimum Gasteiger partial charge on any atom is -0.370 e. The summed E-state index contributed by atoms with van der Waals surface area (Å²) in [5, 5.41) is 16.7. The molecular formula is C16H22N6O2. The Morgan fingerprint density at radius 1 is 1.29 bits per heavy atom. The van der Waals surface area contributed by atoms with Crippen molar-refractivity contribution in [1.29, 1.82) is 5.26 Å². The van der Waals surface area contributed by atoms with Crippen molar-refractivity contribution in [3.8, 4) is 6.07 Å². The third kappa shape index (κ3) is 3.25. The number of anilines is 1. The van der Waals surface area contributed by atoms with Gasteiger partial charge in [0.15, 0.2) is 5.56 Å². The van der Waals surface area contributed by atoms with E-state index in [0.29, 0.717) is 13.1 Å². The first-order valence-corrected chi connectivity index (χ1v) is 7.71. The van der Waals surface area contributed by atoms with Crippen LogP contribution in [-0.2, 0) is 20.6 Å². The molecule has 1 N–H and O–H groups in total. The van der Waals surface area contributed by atoms with E-state index in [0.717, 1.165) is 16.0 Å². The number of nitriles is 1. The average molecular weight is 330 g/mol. The number of aromatic nitrogens is 4. The molecule has 8 heteroatoms. The van der Waals surface area contributed by atoms with Crippen molar-refractivity contribution in [1.82, 2.24) is 18.9 Å². The molecule has 128 valence electrons. The summed E-state index contributed by atoms with van der Waals surface area (Å²) in [5.41, 5.74) is 0.936. The second-order valence-electron chi connectivity index (χ2n) is 6.14. The van der Waals surface area contributed by atoms with Gasteiger partial charge in [0.1, 0.15) is 11.9 Å². The fraction of sp³-hybridized carbons (Fsp3) is 0.500. The van der Waals surface area contributed by atoms with E-state index in [9.17, 15) is 14.9 Å². The molecule has 2 rings (SSSR count). The first-order valence-electron chi connectivity index (χ1n) is 7.71. The Balaban J connectivity index is 2.20. The monoisotopic (exact) mass is 330 g/mol. The van der Waals surface area contributed by atoms with E-state index >= 15 is 0 Å². The maximum Gasteiger partial charge on any atom is 0.332 e. The summed E-state index contributed by atoms with van der Waals surface area (Å²) >= 11 is 0. The molecule has 0 fully saturated rings. The van der Waals surface area contributed by atoms with E-state index in [1.807, 2.05) is 37.6 Å². The number of hydrogen-bond acceptors (Lipinski definition) is 5. The summed E-state index contributed by atoms with van der Waals surface area (Å²) in [7, 11) is 2.90. The van der Waals surface area contributed by atoms with E-state index in [1.54, 1.807) is 0 Å². The van der Waals surface area contributed by atoms with Crippen LogP contribution in [0.4, 0.5) is 5.82 Å². The van der Waals surface area contributed by atoms with Gasteiger partial charge in [-0.2, -0.15) is 10.4 Å². The molecule has 0 bridgehead atoms. The van der Waals surface area contributed by atoms with E-state index in [1.165, 1.54) is 18.7 Å². The third-order valence-electron chi connectivity index (χ3n) is 3.98. The van der Waals surface area contributed by atoms with Crippen LogP contribution in [0.5, 0.6) is 0 Å². The molecule has 0 radical (unpaired) electrons. The van der Waals surface area contributed by atoms with Crippen LogP contribution in [0.25, 0.3) is 0 Å². The number of aryl methyl sites for hydroxylation is 2. The Labute approximate surface area is 140 Å². The van der Waals surface area contributed by atoms with Gasteiger partial charge in [-0.1, -0.05) is 6.92 Å². The van der Waals surface area contributed by atoms with E-state index in [-0.39, 0.29) is 17.3 Å². The van der Waals surface area contributed by atoms with Gasteiger partial charge in [0.2, 0.25) is 0 Å². The molecule has 1 atom stereocenters. The lowest BCUT2D eigenvalue weighted by molar-refractivity contribution is 0.457. The first-order chi connectivity index (χ1) is 11.3. The van der Waals surface area contributed by atoms with Gasteiger partial charge in [0.25, 0.3) is 5.56 Å². The highest BCUT2D eigenvalue weighted by Crippen LogP contribution is 2.10. The molecular weight excluding hydrogens is 308 g/mol. The Morgan fingerprint density at radius 3 is 2.50 bits per heavy atom. The van der Waals surface area contributed by atoms with Crippen LogP contribution in [0.3, 0.4) is 0 Å². The molecule has 0 spiro atoms. The number of nitrogens with one attached hydrogen (secondary N) is 1. The quantitative estimate of drug-likeness (QED) is 0.862. The Kier molecular flexibility index (Phi) is 4.93. The topological polar surface area (TPSA) is 97.6 Å². The highest BCUT2D eigenvalue weighted by molar-refractivity contribution is 5.51. The van der Waals surface area contributed by atoms with Crippen molar-refractivity contribution >= 4 is 5.82 Å². The van der Waals surface area contributed by atoms with E-state index in [2.05, 4.69) is 10.4 Å². The van der Waals surface area contributed by atoms with Crippen molar-refractivity contribution in [2.45, 2.75) is 27.3 Å². The lowest BCUT2D eigenvalue weighted by Gasteiger charge is -2.17. The molecule has 24 heavy (non-hydrogen) atoms. The summed E-state index contributed by atoms with van der Waals surface area (Å²) in [6, 6.07) is 3.90. The van der Waals surface area contributed by atoms with Crippen LogP contribution in [-0.4, -0.2) is 25.5 Å². The highest BCUT2D eigenvalue weighted by atomic mass is 16.2. The third-order valence-corrected chi connectivity index (χ3v) is 3.98. The predicted molar refractivity (Wildman–Crippen MR) is 91.0 cm³/mol. The Bertz CT molecular complexity index is 912. The molecule has 1 unspecified atom stereocenters. The van der Waals surface area contributed by atoms with Gasteiger partial charge < -0.3 is 5.32 Å². The largest absolute Gasteiger partial charge is 0.370 e. The minimum absolute atomic E-state index is 0.0575. The van der Waals surface area contributed by atoms with Crippen molar-refractivity contribution in [2.75, 3.05) is 11.9 Å². The van der Waals surface area contributed by atoms with Gasteiger partial charge in [-0.25, -0.2) is 4.79 Å². The molecule has 0 saturated heterocycles. The highest BCUT2D eigenvalue weighted by Gasteiger charge is 2.16. The minimum atomic E-state index is -0.589. The lowest BCUT2D eigenvalue weighted by Crippen LogP contribution is -2.40. The maximum atomic E-state index is 12.0. The van der Waals surface area contributed by atoms with E-state index < -0.39 is 11.2 Å². The van der Waals surface area contributed by atoms with Gasteiger partial charge in [-0.3, -0.25) is 18.6 Å². The Hall–Kier alpha value is -2.82. The van der Waals surface area contributed by atoms with Crippen LogP contribution in [0.2, 0.25) is 0 Å². The second kappa shape index (κ2) is 6.74. The fourth-order valence-electron chi connectivity index (χ4n) is 2.64. The van der Waals surface area contributed by atoms with Crippen molar-refractivity contribution < 1.29 is 0 Å². The zero-order chi connectivity index (χ0) is 18.0. The molecule has 8 nitrogen and oxygen atoms in total. The van der Waals surface area contributed by atoms with E-state index in [4.69, 9.17) is 0 Å². The number of nitrogens with zero attached hydrogens (tertiary/aromatic N) is 5. The smallest absolute Gasteiger partial charge is 0.332 e. The van der Waals surface area contributed by atoms with Crippen LogP contribution in [0, 0.1) is 31.1 Å². The average Bonchev–Trinajstić information content (AvgIpc) is 2.84. The predicted octanol–water partition coefficient (Wildman–Crippen LogP) is 0.517. The van der Waals surface area contributed by atoms with Crippen LogP contribution < -0.4 is 16.6 Å². The summed E-state index contributed by atoms with van der Waals surface area (Å²) in [6.45, 7) is 7.19. The summed E-state index contributed by atoms with van der Waals surface area (Å²) in [5.74, 6) is 0.444. The molecule has 0 aromatic carbocycles. The Morgan fingerprint density at radius 2 is 1.96 bits per heavy atom.